The summed E-state index contributed by atoms with van der Waals surface area (Å²) in [6.07, 6.45) is -1.29. The Balaban J connectivity index is 3.90. The number of benzene rings is 1. The maximum atomic E-state index is 14.1. The molecule has 0 fully saturated rings. The van der Waals surface area contributed by atoms with Crippen molar-refractivity contribution in [3.8, 4) is 0 Å². The average Bonchev–Trinajstić information content (AvgIpc) is 2.94. The molecular formula is C28H33I3N2O14. The minimum absolute atomic E-state index is 0.0246. The number of anilines is 1. The maximum absolute atomic E-state index is 14.1. The van der Waals surface area contributed by atoms with Crippen LogP contribution in [-0.4, -0.2) is 92.7 Å². The Morgan fingerprint density at radius 2 is 1.19 bits per heavy atom. The first-order chi connectivity index (χ1) is 21.9. The van der Waals surface area contributed by atoms with Crippen LogP contribution in [0.4, 0.5) is 5.69 Å². The van der Waals surface area contributed by atoms with Crippen LogP contribution in [0.5, 0.6) is 0 Å². The van der Waals surface area contributed by atoms with E-state index in [-0.39, 0.29) is 34.6 Å². The van der Waals surface area contributed by atoms with Crippen molar-refractivity contribution in [2.45, 2.75) is 60.3 Å². The molecule has 2 unspecified atom stereocenters. The molecule has 0 bridgehead atoms. The molecule has 0 heterocycles. The third-order valence-corrected chi connectivity index (χ3v) is 9.02. The van der Waals surface area contributed by atoms with Gasteiger partial charge >= 0.3 is 35.8 Å². The molecule has 47 heavy (non-hydrogen) atoms. The van der Waals surface area contributed by atoms with E-state index in [2.05, 4.69) is 5.32 Å². The number of halogens is 3. The van der Waals surface area contributed by atoms with Crippen molar-refractivity contribution in [3.05, 3.63) is 21.8 Å². The fourth-order valence-electron chi connectivity index (χ4n) is 3.66. The van der Waals surface area contributed by atoms with E-state index in [4.69, 9.17) is 28.4 Å². The SMILES string of the molecule is CC(=O)OCCN(C(=O)COC(C)=O)c1c(I)c(COC(C)=O)c(I)c(C(=O)NC(COC(C)=O)C(COC(C)=O)OC(C)=O)c1I. The standard InChI is InChI=1S/C28H33I3N2O14/c1-13(34)42-8-7-33(22(40)12-46-17(5)38)27-25(30)19(9-43-14(2)35)24(29)23(26(27)31)28(41)32-20(10-44-15(3)36)21(47-18(6)39)11-45-16(4)37/h20-21H,7-12H2,1-6H3,(H,32,41). The second-order valence-corrected chi connectivity index (χ2v) is 12.7. The van der Waals surface area contributed by atoms with Crippen LogP contribution in [0.2, 0.25) is 0 Å². The van der Waals surface area contributed by atoms with Crippen LogP contribution in [0, 0.1) is 10.7 Å². The zero-order valence-electron chi connectivity index (χ0n) is 26.2. The molecule has 1 rings (SSSR count). The fourth-order valence-corrected chi connectivity index (χ4v) is 8.21. The van der Waals surface area contributed by atoms with Gasteiger partial charge in [0.15, 0.2) is 12.7 Å². The Hall–Kier alpha value is -2.83. The Labute approximate surface area is 311 Å². The second-order valence-electron chi connectivity index (χ2n) is 9.42. The van der Waals surface area contributed by atoms with Gasteiger partial charge in [0, 0.05) is 54.2 Å². The molecule has 1 N–H and O–H groups in total. The second kappa shape index (κ2) is 20.5. The molecular weight excluding hydrogens is 969 g/mol. The predicted octanol–water partition coefficient (Wildman–Crippen LogP) is 2.18. The summed E-state index contributed by atoms with van der Waals surface area (Å²) >= 11 is 5.62. The van der Waals surface area contributed by atoms with Crippen molar-refractivity contribution in [2.75, 3.05) is 37.9 Å². The Bertz CT molecular complexity index is 1400. The third kappa shape index (κ3) is 14.4. The molecule has 2 atom stereocenters. The minimum atomic E-state index is -1.29. The van der Waals surface area contributed by atoms with Gasteiger partial charge in [-0.05, 0) is 67.8 Å². The zero-order valence-corrected chi connectivity index (χ0v) is 32.7. The van der Waals surface area contributed by atoms with E-state index >= 15 is 0 Å². The Morgan fingerprint density at radius 1 is 0.660 bits per heavy atom. The first-order valence-electron chi connectivity index (χ1n) is 13.5. The monoisotopic (exact) mass is 1000 g/mol. The van der Waals surface area contributed by atoms with E-state index in [1.165, 1.54) is 13.8 Å². The van der Waals surface area contributed by atoms with Crippen molar-refractivity contribution in [2.24, 2.45) is 0 Å². The quantitative estimate of drug-likeness (QED) is 0.143. The molecule has 0 radical (unpaired) electrons. The van der Waals surface area contributed by atoms with Gasteiger partial charge in [0.25, 0.3) is 11.8 Å². The van der Waals surface area contributed by atoms with Crippen molar-refractivity contribution in [1.82, 2.24) is 5.32 Å². The average molecular weight is 1000 g/mol. The van der Waals surface area contributed by atoms with E-state index in [1.54, 1.807) is 0 Å². The largest absolute Gasteiger partial charge is 0.464 e. The number of carbonyl (C=O) groups excluding carboxylic acids is 8. The van der Waals surface area contributed by atoms with Gasteiger partial charge in [0.05, 0.1) is 21.4 Å². The van der Waals surface area contributed by atoms with E-state index in [9.17, 15) is 38.4 Å². The minimum Gasteiger partial charge on any atom is -0.464 e. The maximum Gasteiger partial charge on any atom is 0.303 e. The molecule has 1 aromatic carbocycles. The van der Waals surface area contributed by atoms with Crippen LogP contribution >= 0.6 is 67.8 Å². The summed E-state index contributed by atoms with van der Waals surface area (Å²) < 4.78 is 31.5. The predicted molar refractivity (Wildman–Crippen MR) is 186 cm³/mol. The van der Waals surface area contributed by atoms with E-state index < -0.39 is 79.6 Å². The van der Waals surface area contributed by atoms with Crippen LogP contribution < -0.4 is 10.2 Å². The van der Waals surface area contributed by atoms with Gasteiger partial charge in [-0.2, -0.15) is 0 Å². The highest BCUT2D eigenvalue weighted by atomic mass is 127. The lowest BCUT2D eigenvalue weighted by Crippen LogP contribution is -2.50. The molecule has 16 nitrogen and oxygen atoms in total. The van der Waals surface area contributed by atoms with Gasteiger partial charge < -0.3 is 38.6 Å². The summed E-state index contributed by atoms with van der Waals surface area (Å²) in [6.45, 7) is 4.39. The summed E-state index contributed by atoms with van der Waals surface area (Å²) in [5.74, 6) is -5.68. The van der Waals surface area contributed by atoms with Crippen molar-refractivity contribution in [3.63, 3.8) is 0 Å². The highest BCUT2D eigenvalue weighted by Gasteiger charge is 2.34. The Morgan fingerprint density at radius 3 is 1.70 bits per heavy atom. The van der Waals surface area contributed by atoms with E-state index in [0.717, 1.165) is 32.6 Å². The number of esters is 6. The van der Waals surface area contributed by atoms with Gasteiger partial charge in [-0.1, -0.05) is 0 Å². The molecule has 0 aromatic heterocycles. The number of hydrogen-bond acceptors (Lipinski definition) is 14. The molecule has 2 amide bonds. The summed E-state index contributed by atoms with van der Waals surface area (Å²) in [4.78, 5) is 98.4. The first kappa shape index (κ1) is 42.2. The molecule has 1 aromatic rings. The van der Waals surface area contributed by atoms with Gasteiger partial charge in [-0.15, -0.1) is 0 Å². The first-order valence-corrected chi connectivity index (χ1v) is 16.7. The van der Waals surface area contributed by atoms with E-state index in [0.29, 0.717) is 12.7 Å². The fraction of sp³-hybridized carbons (Fsp3) is 0.500. The molecule has 0 aliphatic heterocycles. The lowest BCUT2D eigenvalue weighted by atomic mass is 10.1. The topological polar surface area (TPSA) is 207 Å². The highest BCUT2D eigenvalue weighted by molar-refractivity contribution is 14.1. The van der Waals surface area contributed by atoms with Crippen LogP contribution in [0.15, 0.2) is 0 Å². The van der Waals surface area contributed by atoms with E-state index in [1.807, 2.05) is 67.8 Å². The summed E-state index contributed by atoms with van der Waals surface area (Å²) in [5.41, 5.74) is 0.451. The summed E-state index contributed by atoms with van der Waals surface area (Å²) in [5, 5.41) is 2.66. The molecule has 0 aliphatic carbocycles. The van der Waals surface area contributed by atoms with Crippen molar-refractivity contribution in [1.29, 1.82) is 0 Å². The van der Waals surface area contributed by atoms with Crippen molar-refractivity contribution < 1.29 is 66.8 Å². The molecule has 0 spiro atoms. The number of rotatable bonds is 16. The number of hydrogen-bond donors (Lipinski definition) is 1. The molecule has 0 saturated carbocycles. The molecule has 0 saturated heterocycles. The summed E-state index contributed by atoms with van der Waals surface area (Å²) in [6, 6.07) is -1.23. The molecule has 260 valence electrons. The number of carbonyl (C=O) groups is 8. The van der Waals surface area contributed by atoms with Gasteiger partial charge in [-0.3, -0.25) is 38.4 Å². The van der Waals surface area contributed by atoms with Gasteiger partial charge in [0.1, 0.15) is 32.5 Å². The van der Waals surface area contributed by atoms with Gasteiger partial charge in [-0.25, -0.2) is 0 Å². The highest BCUT2D eigenvalue weighted by Crippen LogP contribution is 2.38. The zero-order chi connectivity index (χ0) is 36.0. The van der Waals surface area contributed by atoms with Crippen molar-refractivity contribution >= 4 is 121 Å². The smallest absolute Gasteiger partial charge is 0.303 e. The van der Waals surface area contributed by atoms with Gasteiger partial charge in [0.2, 0.25) is 0 Å². The number of nitrogens with one attached hydrogen (secondary N) is 1. The van der Waals surface area contributed by atoms with Crippen LogP contribution in [0.25, 0.3) is 0 Å². The lowest BCUT2D eigenvalue weighted by Gasteiger charge is -2.30. The third-order valence-electron chi connectivity index (χ3n) is 5.62. The van der Waals surface area contributed by atoms with Crippen LogP contribution in [0.3, 0.4) is 0 Å². The molecule has 19 heteroatoms. The lowest BCUT2D eigenvalue weighted by molar-refractivity contribution is -0.160. The number of amides is 2. The number of ether oxygens (including phenoxy) is 6. The summed E-state index contributed by atoms with van der Waals surface area (Å²) in [7, 11) is 0. The van der Waals surface area contributed by atoms with Crippen LogP contribution in [-0.2, 0) is 68.6 Å². The number of nitrogens with zero attached hydrogens (tertiary/aromatic N) is 1. The normalized spacial score (nSPS) is 11.7. The van der Waals surface area contributed by atoms with Crippen LogP contribution in [0.1, 0.15) is 57.5 Å². The molecule has 0 aliphatic rings. The Kier molecular flexibility index (Phi) is 18.4.